The van der Waals surface area contributed by atoms with Gasteiger partial charge in [-0.25, -0.2) is 0 Å². The van der Waals surface area contributed by atoms with E-state index in [2.05, 4.69) is 24.2 Å². The Labute approximate surface area is 167 Å². The Kier molecular flexibility index (Phi) is 5.09. The Morgan fingerprint density at radius 2 is 1.89 bits per heavy atom. The van der Waals surface area contributed by atoms with Gasteiger partial charge in [-0.1, -0.05) is 5.16 Å². The van der Waals surface area contributed by atoms with Crippen LogP contribution in [0, 0.1) is 20.8 Å². The second-order valence-electron chi connectivity index (χ2n) is 6.80. The molecule has 0 fully saturated rings. The van der Waals surface area contributed by atoms with Gasteiger partial charge in [-0.05, 0) is 45.0 Å². The average Bonchev–Trinajstić information content (AvgIpc) is 3.25. The summed E-state index contributed by atoms with van der Waals surface area (Å²) >= 11 is 1.69. The summed E-state index contributed by atoms with van der Waals surface area (Å²) in [6.45, 7) is 7.30. The molecule has 0 bridgehead atoms. The van der Waals surface area contributed by atoms with Crippen LogP contribution < -0.4 is 14.4 Å². The van der Waals surface area contributed by atoms with E-state index in [1.807, 2.05) is 32.0 Å². The van der Waals surface area contributed by atoms with E-state index >= 15 is 0 Å². The Balaban J connectivity index is 1.66. The molecule has 0 radical (unpaired) electrons. The van der Waals surface area contributed by atoms with Crippen LogP contribution in [0.15, 0.2) is 34.9 Å². The van der Waals surface area contributed by atoms with Crippen LogP contribution in [0.4, 0.5) is 5.69 Å². The van der Waals surface area contributed by atoms with Crippen LogP contribution in [0.1, 0.15) is 26.8 Å². The van der Waals surface area contributed by atoms with Crippen molar-refractivity contribution in [2.24, 2.45) is 0 Å². The van der Waals surface area contributed by atoms with E-state index in [4.69, 9.17) is 14.0 Å². The molecule has 1 aromatic carbocycles. The molecule has 0 aliphatic carbocycles. The van der Waals surface area contributed by atoms with Crippen molar-refractivity contribution in [3.63, 3.8) is 0 Å². The van der Waals surface area contributed by atoms with Gasteiger partial charge >= 0.3 is 0 Å². The molecule has 0 atom stereocenters. The number of aryl methyl sites for hydroxylation is 3. The highest BCUT2D eigenvalue weighted by atomic mass is 32.1. The number of nitrogens with zero attached hydrogens (tertiary/aromatic N) is 2. The van der Waals surface area contributed by atoms with Crippen molar-refractivity contribution < 1.29 is 18.8 Å². The third-order valence-electron chi connectivity index (χ3n) is 4.76. The summed E-state index contributed by atoms with van der Waals surface area (Å²) in [6.07, 6.45) is 0.236. The molecule has 28 heavy (non-hydrogen) atoms. The molecule has 146 valence electrons. The summed E-state index contributed by atoms with van der Waals surface area (Å²) in [5.41, 5.74) is 2.38. The molecule has 0 spiro atoms. The summed E-state index contributed by atoms with van der Waals surface area (Å²) in [4.78, 5) is 17.4. The van der Waals surface area contributed by atoms with Gasteiger partial charge in [0.1, 0.15) is 19.0 Å². The number of aromatic nitrogens is 1. The molecule has 1 aliphatic rings. The molecule has 0 saturated heterocycles. The van der Waals surface area contributed by atoms with Crippen molar-refractivity contribution >= 4 is 22.9 Å². The second kappa shape index (κ2) is 7.67. The predicted molar refractivity (Wildman–Crippen MR) is 107 cm³/mol. The zero-order valence-electron chi connectivity index (χ0n) is 16.2. The molecule has 7 heteroatoms. The number of anilines is 1. The molecule has 3 heterocycles. The van der Waals surface area contributed by atoms with Crippen LogP contribution in [0.2, 0.25) is 0 Å². The lowest BCUT2D eigenvalue weighted by Crippen LogP contribution is -2.32. The van der Waals surface area contributed by atoms with Crippen LogP contribution in [0.3, 0.4) is 0 Å². The van der Waals surface area contributed by atoms with Gasteiger partial charge in [0, 0.05) is 27.1 Å². The third-order valence-corrected chi connectivity index (χ3v) is 5.74. The number of hydrogen-bond acceptors (Lipinski definition) is 6. The monoisotopic (exact) mass is 398 g/mol. The smallest absolute Gasteiger partial charge is 0.231 e. The first-order valence-electron chi connectivity index (χ1n) is 9.18. The minimum atomic E-state index is -0.0165. The van der Waals surface area contributed by atoms with E-state index in [1.165, 1.54) is 4.88 Å². The highest BCUT2D eigenvalue weighted by Gasteiger charge is 2.23. The van der Waals surface area contributed by atoms with Gasteiger partial charge in [0.05, 0.1) is 18.7 Å². The number of ether oxygens (including phenoxy) is 2. The van der Waals surface area contributed by atoms with Crippen molar-refractivity contribution in [3.8, 4) is 11.5 Å². The lowest BCUT2D eigenvalue weighted by atomic mass is 10.1. The number of rotatable bonds is 5. The van der Waals surface area contributed by atoms with Crippen LogP contribution in [-0.4, -0.2) is 24.3 Å². The molecule has 1 aliphatic heterocycles. The molecule has 0 unspecified atom stereocenters. The first kappa shape index (κ1) is 18.6. The topological polar surface area (TPSA) is 64.8 Å². The van der Waals surface area contributed by atoms with Gasteiger partial charge in [-0.2, -0.15) is 0 Å². The molecular weight excluding hydrogens is 376 g/mol. The van der Waals surface area contributed by atoms with Crippen molar-refractivity contribution in [1.29, 1.82) is 0 Å². The number of thiophene rings is 1. The maximum absolute atomic E-state index is 13.3. The van der Waals surface area contributed by atoms with Crippen molar-refractivity contribution in [1.82, 2.24) is 5.16 Å². The number of benzene rings is 1. The molecule has 1 amide bonds. The highest BCUT2D eigenvalue weighted by Crippen LogP contribution is 2.35. The predicted octanol–water partition coefficient (Wildman–Crippen LogP) is 4.21. The normalized spacial score (nSPS) is 12.8. The maximum Gasteiger partial charge on any atom is 0.231 e. The van der Waals surface area contributed by atoms with Gasteiger partial charge < -0.3 is 18.9 Å². The van der Waals surface area contributed by atoms with E-state index in [0.29, 0.717) is 37.0 Å². The van der Waals surface area contributed by atoms with E-state index < -0.39 is 0 Å². The minimum Gasteiger partial charge on any atom is -0.486 e. The summed E-state index contributed by atoms with van der Waals surface area (Å²) in [6, 6.07) is 9.77. The van der Waals surface area contributed by atoms with E-state index in [1.54, 1.807) is 16.2 Å². The van der Waals surface area contributed by atoms with Crippen LogP contribution in [0.5, 0.6) is 11.5 Å². The maximum atomic E-state index is 13.3. The van der Waals surface area contributed by atoms with Gasteiger partial charge in [0.15, 0.2) is 11.5 Å². The Morgan fingerprint density at radius 1 is 1.11 bits per heavy atom. The van der Waals surface area contributed by atoms with Crippen LogP contribution in [0.25, 0.3) is 0 Å². The lowest BCUT2D eigenvalue weighted by Gasteiger charge is -2.25. The standard InChI is InChI=1S/C21H22N2O4S/c1-13-4-6-17(28-13)12-23(21(24)11-18-14(2)22-27-15(18)3)16-5-7-19-20(10-16)26-9-8-25-19/h4-7,10H,8-9,11-12H2,1-3H3. The van der Waals surface area contributed by atoms with E-state index in [0.717, 1.165) is 21.8 Å². The Bertz CT molecular complexity index is 988. The number of fused-ring (bicyclic) bond motifs is 1. The first-order chi connectivity index (χ1) is 13.5. The van der Waals surface area contributed by atoms with Crippen molar-refractivity contribution in [3.05, 3.63) is 57.1 Å². The molecule has 4 rings (SSSR count). The summed E-state index contributed by atoms with van der Waals surface area (Å²) in [5.74, 6) is 2.04. The van der Waals surface area contributed by atoms with Gasteiger partial charge in [-0.15, -0.1) is 11.3 Å². The fourth-order valence-electron chi connectivity index (χ4n) is 3.25. The van der Waals surface area contributed by atoms with Gasteiger partial charge in [0.25, 0.3) is 0 Å². The molecular formula is C21H22N2O4S. The molecule has 2 aromatic heterocycles. The molecule has 3 aromatic rings. The lowest BCUT2D eigenvalue weighted by molar-refractivity contribution is -0.118. The second-order valence-corrected chi connectivity index (χ2v) is 8.17. The minimum absolute atomic E-state index is 0.0165. The zero-order valence-corrected chi connectivity index (χ0v) is 17.0. The highest BCUT2D eigenvalue weighted by molar-refractivity contribution is 7.11. The van der Waals surface area contributed by atoms with E-state index in [-0.39, 0.29) is 12.3 Å². The quantitative estimate of drug-likeness (QED) is 0.644. The fourth-order valence-corrected chi connectivity index (χ4v) is 4.13. The molecule has 0 N–H and O–H groups in total. The summed E-state index contributed by atoms with van der Waals surface area (Å²) < 4.78 is 16.5. The summed E-state index contributed by atoms with van der Waals surface area (Å²) in [7, 11) is 0. The van der Waals surface area contributed by atoms with Gasteiger partial charge in [0.2, 0.25) is 5.91 Å². The largest absolute Gasteiger partial charge is 0.486 e. The summed E-state index contributed by atoms with van der Waals surface area (Å²) in [5, 5.41) is 3.97. The Morgan fingerprint density at radius 3 is 2.57 bits per heavy atom. The fraction of sp³-hybridized carbons (Fsp3) is 0.333. The van der Waals surface area contributed by atoms with Crippen molar-refractivity contribution in [2.75, 3.05) is 18.1 Å². The average molecular weight is 398 g/mol. The molecule has 6 nitrogen and oxygen atoms in total. The number of carbonyl (C=O) groups excluding carboxylic acids is 1. The SMILES string of the molecule is Cc1ccc(CN(C(=O)Cc2c(C)noc2C)c2ccc3c(c2)OCCO3)s1. The van der Waals surface area contributed by atoms with E-state index in [9.17, 15) is 4.79 Å². The molecule has 0 saturated carbocycles. The zero-order chi connectivity index (χ0) is 19.7. The van der Waals surface area contributed by atoms with Crippen LogP contribution >= 0.6 is 11.3 Å². The Hall–Kier alpha value is -2.80. The number of amides is 1. The van der Waals surface area contributed by atoms with Gasteiger partial charge in [-0.3, -0.25) is 4.79 Å². The van der Waals surface area contributed by atoms with Crippen molar-refractivity contribution in [2.45, 2.75) is 33.7 Å². The third kappa shape index (κ3) is 3.75. The number of carbonyl (C=O) groups is 1. The van der Waals surface area contributed by atoms with Crippen LogP contribution in [-0.2, 0) is 17.8 Å². The number of hydrogen-bond donors (Lipinski definition) is 0. The first-order valence-corrected chi connectivity index (χ1v) is 10.00.